The SMILES string of the molecule is Fc1ccc(-c2nnc(-c3ccc4c(c3)OCCO4)o2)cc1. The average molecular weight is 298 g/mol. The number of hydrogen-bond acceptors (Lipinski definition) is 5. The number of hydrogen-bond donors (Lipinski definition) is 0. The number of rotatable bonds is 2. The molecule has 0 saturated heterocycles. The largest absolute Gasteiger partial charge is 0.486 e. The summed E-state index contributed by atoms with van der Waals surface area (Å²) in [6, 6.07) is 11.3. The highest BCUT2D eigenvalue weighted by Gasteiger charge is 2.16. The number of ether oxygens (including phenoxy) is 2. The summed E-state index contributed by atoms with van der Waals surface area (Å²) >= 11 is 0. The van der Waals surface area contributed by atoms with E-state index in [1.54, 1.807) is 18.2 Å². The second kappa shape index (κ2) is 5.14. The van der Waals surface area contributed by atoms with E-state index in [0.29, 0.717) is 42.1 Å². The van der Waals surface area contributed by atoms with Gasteiger partial charge in [-0.05, 0) is 42.5 Å². The van der Waals surface area contributed by atoms with Gasteiger partial charge in [-0.15, -0.1) is 10.2 Å². The summed E-state index contributed by atoms with van der Waals surface area (Å²) in [5.74, 6) is 1.76. The minimum atomic E-state index is -0.310. The van der Waals surface area contributed by atoms with Crippen molar-refractivity contribution in [2.45, 2.75) is 0 Å². The Hall–Kier alpha value is -2.89. The first-order chi connectivity index (χ1) is 10.8. The van der Waals surface area contributed by atoms with Crippen LogP contribution in [0.4, 0.5) is 4.39 Å². The van der Waals surface area contributed by atoms with E-state index >= 15 is 0 Å². The molecular formula is C16H11FN2O3. The molecule has 0 N–H and O–H groups in total. The molecule has 0 bridgehead atoms. The maximum absolute atomic E-state index is 12.9. The first-order valence-electron chi connectivity index (χ1n) is 6.79. The first kappa shape index (κ1) is 12.8. The molecule has 0 saturated carbocycles. The Bertz CT molecular complexity index is 815. The Morgan fingerprint density at radius 1 is 0.773 bits per heavy atom. The normalized spacial score (nSPS) is 13.1. The molecule has 2 heterocycles. The molecule has 1 aromatic heterocycles. The van der Waals surface area contributed by atoms with Crippen LogP contribution in [0, 0.1) is 5.82 Å². The zero-order valence-electron chi connectivity index (χ0n) is 11.5. The highest BCUT2D eigenvalue weighted by atomic mass is 19.1. The third-order valence-electron chi connectivity index (χ3n) is 3.31. The van der Waals surface area contributed by atoms with Crippen molar-refractivity contribution in [1.29, 1.82) is 0 Å². The van der Waals surface area contributed by atoms with Crippen LogP contribution in [-0.4, -0.2) is 23.4 Å². The Labute approximate surface area is 125 Å². The van der Waals surface area contributed by atoms with E-state index in [1.807, 2.05) is 12.1 Å². The number of aromatic nitrogens is 2. The van der Waals surface area contributed by atoms with Crippen LogP contribution in [0.25, 0.3) is 22.9 Å². The highest BCUT2D eigenvalue weighted by molar-refractivity contribution is 5.62. The lowest BCUT2D eigenvalue weighted by atomic mass is 10.2. The van der Waals surface area contributed by atoms with Crippen molar-refractivity contribution in [3.8, 4) is 34.4 Å². The molecule has 22 heavy (non-hydrogen) atoms. The minimum Gasteiger partial charge on any atom is -0.486 e. The van der Waals surface area contributed by atoms with Crippen molar-refractivity contribution in [2.75, 3.05) is 13.2 Å². The molecule has 1 aliphatic heterocycles. The smallest absolute Gasteiger partial charge is 0.248 e. The Morgan fingerprint density at radius 3 is 2.18 bits per heavy atom. The summed E-state index contributed by atoms with van der Waals surface area (Å²) in [5, 5.41) is 8.02. The fourth-order valence-electron chi connectivity index (χ4n) is 2.23. The predicted molar refractivity (Wildman–Crippen MR) is 76.1 cm³/mol. The molecule has 0 amide bonds. The fraction of sp³-hybridized carbons (Fsp3) is 0.125. The van der Waals surface area contributed by atoms with Gasteiger partial charge in [-0.1, -0.05) is 0 Å². The molecule has 5 nitrogen and oxygen atoms in total. The van der Waals surface area contributed by atoms with Gasteiger partial charge < -0.3 is 13.9 Å². The molecule has 0 spiro atoms. The highest BCUT2D eigenvalue weighted by Crippen LogP contribution is 2.34. The average Bonchev–Trinajstić information content (AvgIpc) is 3.05. The van der Waals surface area contributed by atoms with Crippen molar-refractivity contribution >= 4 is 0 Å². The number of halogens is 1. The standard InChI is InChI=1S/C16H11FN2O3/c17-12-4-1-10(2-5-12)15-18-19-16(22-15)11-3-6-13-14(9-11)21-8-7-20-13/h1-6,9H,7-8H2. The Balaban J connectivity index is 1.68. The second-order valence-electron chi connectivity index (χ2n) is 4.78. The molecule has 1 aliphatic rings. The number of nitrogens with zero attached hydrogens (tertiary/aromatic N) is 2. The van der Waals surface area contributed by atoms with Gasteiger partial charge in [0.25, 0.3) is 0 Å². The van der Waals surface area contributed by atoms with Crippen molar-refractivity contribution in [3.05, 3.63) is 48.3 Å². The van der Waals surface area contributed by atoms with Crippen LogP contribution in [0.2, 0.25) is 0 Å². The molecule has 4 rings (SSSR count). The summed E-state index contributed by atoms with van der Waals surface area (Å²) in [6.07, 6.45) is 0. The molecule has 0 unspecified atom stereocenters. The topological polar surface area (TPSA) is 57.4 Å². The molecule has 0 radical (unpaired) electrons. The van der Waals surface area contributed by atoms with Gasteiger partial charge in [0.1, 0.15) is 19.0 Å². The minimum absolute atomic E-state index is 0.310. The van der Waals surface area contributed by atoms with Crippen molar-refractivity contribution in [2.24, 2.45) is 0 Å². The molecule has 6 heteroatoms. The van der Waals surface area contributed by atoms with Crippen LogP contribution in [0.1, 0.15) is 0 Å². The summed E-state index contributed by atoms with van der Waals surface area (Å²) in [7, 11) is 0. The monoisotopic (exact) mass is 298 g/mol. The molecule has 0 aliphatic carbocycles. The van der Waals surface area contributed by atoms with Crippen LogP contribution < -0.4 is 9.47 Å². The predicted octanol–water partition coefficient (Wildman–Crippen LogP) is 3.31. The molecular weight excluding hydrogens is 287 g/mol. The lowest BCUT2D eigenvalue weighted by Crippen LogP contribution is -2.15. The van der Waals surface area contributed by atoms with Gasteiger partial charge in [-0.25, -0.2) is 4.39 Å². The van der Waals surface area contributed by atoms with Gasteiger partial charge in [-0.2, -0.15) is 0 Å². The van der Waals surface area contributed by atoms with Crippen LogP contribution in [-0.2, 0) is 0 Å². The number of fused-ring (bicyclic) bond motifs is 1. The van der Waals surface area contributed by atoms with E-state index in [2.05, 4.69) is 10.2 Å². The van der Waals surface area contributed by atoms with Crippen LogP contribution in [0.5, 0.6) is 11.5 Å². The molecule has 0 fully saturated rings. The quantitative estimate of drug-likeness (QED) is 0.726. The van der Waals surface area contributed by atoms with Gasteiger partial charge in [0.2, 0.25) is 11.8 Å². The number of benzene rings is 2. The van der Waals surface area contributed by atoms with E-state index in [-0.39, 0.29) is 5.82 Å². The second-order valence-corrected chi connectivity index (χ2v) is 4.78. The van der Waals surface area contributed by atoms with E-state index in [9.17, 15) is 4.39 Å². The zero-order chi connectivity index (χ0) is 14.9. The molecule has 0 atom stereocenters. The maximum Gasteiger partial charge on any atom is 0.248 e. The zero-order valence-corrected chi connectivity index (χ0v) is 11.5. The lowest BCUT2D eigenvalue weighted by molar-refractivity contribution is 0.171. The van der Waals surface area contributed by atoms with Crippen LogP contribution in [0.15, 0.2) is 46.9 Å². The maximum atomic E-state index is 12.9. The van der Waals surface area contributed by atoms with Gasteiger partial charge >= 0.3 is 0 Å². The van der Waals surface area contributed by atoms with Crippen LogP contribution >= 0.6 is 0 Å². The van der Waals surface area contributed by atoms with Crippen molar-refractivity contribution in [3.63, 3.8) is 0 Å². The Kier molecular flexibility index (Phi) is 3.00. The summed E-state index contributed by atoms with van der Waals surface area (Å²) < 4.78 is 29.6. The third-order valence-corrected chi connectivity index (χ3v) is 3.31. The van der Waals surface area contributed by atoms with Crippen LogP contribution in [0.3, 0.4) is 0 Å². The third kappa shape index (κ3) is 2.28. The van der Waals surface area contributed by atoms with E-state index < -0.39 is 0 Å². The van der Waals surface area contributed by atoms with Crippen molar-refractivity contribution < 1.29 is 18.3 Å². The van der Waals surface area contributed by atoms with E-state index in [4.69, 9.17) is 13.9 Å². The van der Waals surface area contributed by atoms with E-state index in [0.717, 1.165) is 5.56 Å². The van der Waals surface area contributed by atoms with E-state index in [1.165, 1.54) is 12.1 Å². The van der Waals surface area contributed by atoms with Gasteiger partial charge in [0.05, 0.1) is 0 Å². The summed E-state index contributed by atoms with van der Waals surface area (Å²) in [4.78, 5) is 0. The lowest BCUT2D eigenvalue weighted by Gasteiger charge is -2.18. The van der Waals surface area contributed by atoms with Crippen molar-refractivity contribution in [1.82, 2.24) is 10.2 Å². The molecule has 3 aromatic rings. The summed E-state index contributed by atoms with van der Waals surface area (Å²) in [6.45, 7) is 1.06. The Morgan fingerprint density at radius 2 is 1.41 bits per heavy atom. The molecule has 2 aromatic carbocycles. The first-order valence-corrected chi connectivity index (χ1v) is 6.79. The molecule has 110 valence electrons. The van der Waals surface area contributed by atoms with Gasteiger partial charge in [0.15, 0.2) is 11.5 Å². The van der Waals surface area contributed by atoms with Gasteiger partial charge in [0, 0.05) is 11.1 Å². The van der Waals surface area contributed by atoms with Gasteiger partial charge in [-0.3, -0.25) is 0 Å². The summed E-state index contributed by atoms with van der Waals surface area (Å²) in [5.41, 5.74) is 1.41. The fourth-order valence-corrected chi connectivity index (χ4v) is 2.23.